The Morgan fingerprint density at radius 3 is 2.57 bits per heavy atom. The van der Waals surface area contributed by atoms with E-state index in [2.05, 4.69) is 12.2 Å². The number of fused-ring (bicyclic) bond motifs is 1. The van der Waals surface area contributed by atoms with Gasteiger partial charge in [0.1, 0.15) is 0 Å². The molecule has 4 nitrogen and oxygen atoms in total. The van der Waals surface area contributed by atoms with Gasteiger partial charge in [0.25, 0.3) is 0 Å². The number of sulfonamides is 1. The first-order valence-corrected chi connectivity index (χ1v) is 9.25. The molecule has 0 aliphatic carbocycles. The number of hydrogen-bond acceptors (Lipinski definition) is 3. The van der Waals surface area contributed by atoms with Crippen molar-refractivity contribution >= 4 is 10.0 Å². The molecule has 0 atom stereocenters. The predicted octanol–water partition coefficient (Wildman–Crippen LogP) is 2.88. The zero-order valence-electron chi connectivity index (χ0n) is 13.2. The van der Waals surface area contributed by atoms with Crippen LogP contribution >= 0.6 is 0 Å². The van der Waals surface area contributed by atoms with Crippen molar-refractivity contribution in [3.63, 3.8) is 0 Å². The lowest BCUT2D eigenvalue weighted by molar-refractivity contribution is 0.345. The third-order valence-corrected chi connectivity index (χ3v) is 6.04. The number of rotatable bonds is 7. The molecule has 118 valence electrons. The van der Waals surface area contributed by atoms with Crippen LogP contribution in [0.3, 0.4) is 0 Å². The van der Waals surface area contributed by atoms with Gasteiger partial charge in [-0.05, 0) is 43.5 Å². The Labute approximate surface area is 128 Å². The minimum Gasteiger partial charge on any atom is -0.309 e. The second-order valence-electron chi connectivity index (χ2n) is 5.95. The molecule has 1 heterocycles. The molecule has 0 radical (unpaired) electrons. The van der Waals surface area contributed by atoms with E-state index >= 15 is 0 Å². The molecule has 0 saturated carbocycles. The van der Waals surface area contributed by atoms with Gasteiger partial charge in [0.2, 0.25) is 10.0 Å². The fraction of sp³-hybridized carbons (Fsp3) is 0.625. The summed E-state index contributed by atoms with van der Waals surface area (Å²) < 4.78 is 27.4. The summed E-state index contributed by atoms with van der Waals surface area (Å²) in [5, 5.41) is 3.25. The highest BCUT2D eigenvalue weighted by Gasteiger charge is 2.27. The van der Waals surface area contributed by atoms with Gasteiger partial charge in [-0.25, -0.2) is 8.42 Å². The lowest BCUT2D eigenvalue weighted by atomic mass is 10.1. The van der Waals surface area contributed by atoms with Crippen LogP contribution < -0.4 is 5.32 Å². The maximum absolute atomic E-state index is 12.9. The van der Waals surface area contributed by atoms with Gasteiger partial charge in [-0.1, -0.05) is 25.8 Å². The topological polar surface area (TPSA) is 49.4 Å². The van der Waals surface area contributed by atoms with Crippen LogP contribution in [0.25, 0.3) is 0 Å². The van der Waals surface area contributed by atoms with Gasteiger partial charge in [-0.2, -0.15) is 4.31 Å². The number of nitrogens with zero attached hydrogens (tertiary/aromatic N) is 1. The van der Waals surface area contributed by atoms with Gasteiger partial charge in [0.05, 0.1) is 4.90 Å². The Bertz CT molecular complexity index is 582. The van der Waals surface area contributed by atoms with E-state index in [0.29, 0.717) is 11.4 Å². The molecule has 0 fully saturated rings. The number of benzene rings is 1. The summed E-state index contributed by atoms with van der Waals surface area (Å²) in [4.78, 5) is 0.426. The molecule has 0 aromatic heterocycles. The molecule has 2 rings (SSSR count). The molecule has 1 aliphatic heterocycles. The summed E-state index contributed by atoms with van der Waals surface area (Å²) in [6.45, 7) is 8.21. The van der Waals surface area contributed by atoms with Gasteiger partial charge < -0.3 is 5.32 Å². The Hall–Kier alpha value is -0.910. The van der Waals surface area contributed by atoms with Crippen molar-refractivity contribution in [2.24, 2.45) is 0 Å². The van der Waals surface area contributed by atoms with Crippen molar-refractivity contribution in [1.29, 1.82) is 0 Å². The zero-order valence-corrected chi connectivity index (χ0v) is 14.0. The molecule has 0 bridgehead atoms. The molecule has 0 amide bonds. The van der Waals surface area contributed by atoms with Crippen LogP contribution in [0, 0.1) is 0 Å². The summed E-state index contributed by atoms with van der Waals surface area (Å²) in [5.41, 5.74) is 2.31. The molecule has 1 N–H and O–H groups in total. The molecule has 21 heavy (non-hydrogen) atoms. The molecular formula is C16H26N2O2S. The van der Waals surface area contributed by atoms with Crippen LogP contribution in [0.1, 0.15) is 51.2 Å². The van der Waals surface area contributed by atoms with Gasteiger partial charge in [-0.3, -0.25) is 0 Å². The van der Waals surface area contributed by atoms with E-state index in [-0.39, 0.29) is 6.04 Å². The van der Waals surface area contributed by atoms with E-state index in [4.69, 9.17) is 0 Å². The summed E-state index contributed by atoms with van der Waals surface area (Å²) >= 11 is 0. The second kappa shape index (κ2) is 6.90. The third kappa shape index (κ3) is 3.65. The molecule has 0 saturated heterocycles. The normalized spacial score (nSPS) is 14.9. The molecule has 1 aromatic carbocycles. The van der Waals surface area contributed by atoms with Crippen LogP contribution in [0.2, 0.25) is 0 Å². The quantitative estimate of drug-likeness (QED) is 0.788. The van der Waals surface area contributed by atoms with Crippen LogP contribution in [-0.4, -0.2) is 25.3 Å². The minimum absolute atomic E-state index is 0.0155. The van der Waals surface area contributed by atoms with Crippen LogP contribution in [-0.2, 0) is 23.1 Å². The van der Waals surface area contributed by atoms with Gasteiger partial charge >= 0.3 is 0 Å². The van der Waals surface area contributed by atoms with Gasteiger partial charge in [-0.15, -0.1) is 0 Å². The van der Waals surface area contributed by atoms with E-state index in [1.165, 1.54) is 5.56 Å². The van der Waals surface area contributed by atoms with E-state index in [1.807, 2.05) is 26.0 Å². The standard InChI is InChI=1S/C16H26N2O2S/c1-4-5-6-9-18(13(2)3)21(19,20)16-8-7-14-11-17-12-15(14)10-16/h7-8,10,13,17H,4-6,9,11-12H2,1-3H3. The first kappa shape index (κ1) is 16.5. The van der Waals surface area contributed by atoms with Crippen LogP contribution in [0.5, 0.6) is 0 Å². The highest BCUT2D eigenvalue weighted by atomic mass is 32.2. The molecular weight excluding hydrogens is 284 g/mol. The van der Waals surface area contributed by atoms with Crippen molar-refractivity contribution in [2.75, 3.05) is 6.54 Å². The number of hydrogen-bond donors (Lipinski definition) is 1. The first-order chi connectivity index (χ1) is 9.96. The first-order valence-electron chi connectivity index (χ1n) is 7.81. The van der Waals surface area contributed by atoms with Gasteiger partial charge in [0.15, 0.2) is 0 Å². The summed E-state index contributed by atoms with van der Waals surface area (Å²) in [6, 6.07) is 5.50. The number of unbranched alkanes of at least 4 members (excludes halogenated alkanes) is 2. The lowest BCUT2D eigenvalue weighted by Gasteiger charge is -2.26. The van der Waals surface area contributed by atoms with E-state index in [0.717, 1.165) is 37.9 Å². The second-order valence-corrected chi connectivity index (χ2v) is 7.84. The molecule has 1 aliphatic rings. The Kier molecular flexibility index (Phi) is 5.41. The van der Waals surface area contributed by atoms with E-state index in [1.54, 1.807) is 10.4 Å². The van der Waals surface area contributed by atoms with Gasteiger partial charge in [0, 0.05) is 25.7 Å². The van der Waals surface area contributed by atoms with Crippen molar-refractivity contribution in [3.05, 3.63) is 29.3 Å². The summed E-state index contributed by atoms with van der Waals surface area (Å²) in [6.07, 6.45) is 3.07. The monoisotopic (exact) mass is 310 g/mol. The van der Waals surface area contributed by atoms with Crippen molar-refractivity contribution in [1.82, 2.24) is 9.62 Å². The maximum Gasteiger partial charge on any atom is 0.243 e. The molecule has 0 unspecified atom stereocenters. The van der Waals surface area contributed by atoms with E-state index in [9.17, 15) is 8.42 Å². The highest BCUT2D eigenvalue weighted by molar-refractivity contribution is 7.89. The van der Waals surface area contributed by atoms with Crippen LogP contribution in [0.4, 0.5) is 0 Å². The highest BCUT2D eigenvalue weighted by Crippen LogP contribution is 2.24. The summed E-state index contributed by atoms with van der Waals surface area (Å²) in [5.74, 6) is 0. The van der Waals surface area contributed by atoms with Crippen molar-refractivity contribution in [3.8, 4) is 0 Å². The average Bonchev–Trinajstić information content (AvgIpc) is 2.90. The summed E-state index contributed by atoms with van der Waals surface area (Å²) in [7, 11) is -3.40. The molecule has 1 aromatic rings. The van der Waals surface area contributed by atoms with Crippen molar-refractivity contribution < 1.29 is 8.42 Å². The average molecular weight is 310 g/mol. The van der Waals surface area contributed by atoms with Crippen molar-refractivity contribution in [2.45, 2.75) is 64.1 Å². The minimum atomic E-state index is -3.40. The van der Waals surface area contributed by atoms with E-state index < -0.39 is 10.0 Å². The maximum atomic E-state index is 12.9. The predicted molar refractivity (Wildman–Crippen MR) is 85.5 cm³/mol. The smallest absolute Gasteiger partial charge is 0.243 e. The largest absolute Gasteiger partial charge is 0.309 e. The Balaban J connectivity index is 2.25. The molecule has 5 heteroatoms. The van der Waals surface area contributed by atoms with Crippen LogP contribution in [0.15, 0.2) is 23.1 Å². The Morgan fingerprint density at radius 2 is 1.90 bits per heavy atom. The lowest BCUT2D eigenvalue weighted by Crippen LogP contribution is -2.37. The SMILES string of the molecule is CCCCCN(C(C)C)S(=O)(=O)c1ccc2c(c1)CNC2. The zero-order chi connectivity index (χ0) is 15.5. The molecule has 0 spiro atoms. The Morgan fingerprint density at radius 1 is 1.19 bits per heavy atom. The fourth-order valence-corrected chi connectivity index (χ4v) is 4.47. The third-order valence-electron chi connectivity index (χ3n) is 3.97. The fourth-order valence-electron chi connectivity index (χ4n) is 2.74. The number of nitrogens with one attached hydrogen (secondary N) is 1.